The number of aromatic nitrogens is 4. The normalized spacial score (nSPS) is 10.7. The topological polar surface area (TPSA) is 110 Å². The fraction of sp³-hybridized carbons (Fsp3) is 0. The molecule has 1 amide bonds. The number of hydrogen-bond acceptors (Lipinski definition) is 6. The number of nitrogens with zero attached hydrogens (tertiary/aromatic N) is 4. The molecule has 0 aliphatic heterocycles. The number of carbonyl (C=O) groups is 2. The Morgan fingerprint density at radius 3 is 2.52 bits per heavy atom. The standard InChI is InChI=1S/C19H12ClN5O3S/c20-13-1-3-14(4-2-13)25-8-12(7-23-25)17-16(19(27)28)15(9-29-17)24-18(26)11-5-21-10-22-6-11/h1-10H,(H,24,26)(H,27,28). The van der Waals surface area contributed by atoms with E-state index in [1.54, 1.807) is 46.7 Å². The van der Waals surface area contributed by atoms with E-state index in [1.165, 1.54) is 30.1 Å². The summed E-state index contributed by atoms with van der Waals surface area (Å²) in [5.74, 6) is -1.64. The third kappa shape index (κ3) is 3.86. The van der Waals surface area contributed by atoms with Gasteiger partial charge in [-0.2, -0.15) is 5.10 Å². The molecule has 0 aliphatic carbocycles. The number of hydrogen-bond donors (Lipinski definition) is 2. The molecule has 4 aromatic rings. The molecule has 3 heterocycles. The van der Waals surface area contributed by atoms with Crippen molar-refractivity contribution in [2.45, 2.75) is 0 Å². The van der Waals surface area contributed by atoms with Gasteiger partial charge in [0.25, 0.3) is 5.91 Å². The summed E-state index contributed by atoms with van der Waals surface area (Å²) in [6.07, 6.45) is 7.31. The second-order valence-corrected chi connectivity index (χ2v) is 7.21. The van der Waals surface area contributed by atoms with Gasteiger partial charge in [0.1, 0.15) is 11.9 Å². The molecular weight excluding hydrogens is 414 g/mol. The highest BCUT2D eigenvalue weighted by molar-refractivity contribution is 7.14. The first kappa shape index (κ1) is 18.8. The van der Waals surface area contributed by atoms with E-state index in [0.717, 1.165) is 5.69 Å². The Morgan fingerprint density at radius 2 is 1.83 bits per heavy atom. The summed E-state index contributed by atoms with van der Waals surface area (Å²) < 4.78 is 1.62. The van der Waals surface area contributed by atoms with Crippen molar-refractivity contribution in [2.75, 3.05) is 5.32 Å². The predicted molar refractivity (Wildman–Crippen MR) is 109 cm³/mol. The van der Waals surface area contributed by atoms with E-state index in [1.807, 2.05) is 0 Å². The minimum absolute atomic E-state index is 0.00384. The smallest absolute Gasteiger partial charge is 0.339 e. The van der Waals surface area contributed by atoms with E-state index >= 15 is 0 Å². The lowest BCUT2D eigenvalue weighted by atomic mass is 10.1. The van der Waals surface area contributed by atoms with Crippen LogP contribution >= 0.6 is 22.9 Å². The van der Waals surface area contributed by atoms with Crippen LogP contribution in [0.2, 0.25) is 5.02 Å². The third-order valence-electron chi connectivity index (χ3n) is 4.01. The number of nitrogens with one attached hydrogen (secondary N) is 1. The number of carboxylic acid groups (broad SMARTS) is 1. The van der Waals surface area contributed by atoms with E-state index in [0.29, 0.717) is 15.5 Å². The van der Waals surface area contributed by atoms with Crippen molar-refractivity contribution in [3.05, 3.63) is 76.9 Å². The van der Waals surface area contributed by atoms with Crippen LogP contribution in [0.1, 0.15) is 20.7 Å². The summed E-state index contributed by atoms with van der Waals surface area (Å²) in [6.45, 7) is 0. The minimum atomic E-state index is -1.15. The molecule has 0 atom stereocenters. The van der Waals surface area contributed by atoms with Gasteiger partial charge in [-0.1, -0.05) is 11.6 Å². The SMILES string of the molecule is O=C(Nc1csc(-c2cnn(-c3ccc(Cl)cc3)c2)c1C(=O)O)c1cncnc1. The van der Waals surface area contributed by atoms with Gasteiger partial charge in [-0.05, 0) is 24.3 Å². The lowest BCUT2D eigenvalue weighted by Gasteiger charge is -2.05. The average molecular weight is 426 g/mol. The zero-order valence-electron chi connectivity index (χ0n) is 14.6. The molecule has 0 saturated heterocycles. The number of anilines is 1. The van der Waals surface area contributed by atoms with E-state index in [2.05, 4.69) is 20.4 Å². The Kier molecular flexibility index (Phi) is 5.07. The van der Waals surface area contributed by atoms with Crippen LogP contribution in [0.4, 0.5) is 5.69 Å². The molecule has 1 aromatic carbocycles. The number of amides is 1. The van der Waals surface area contributed by atoms with Crippen LogP contribution in [0.5, 0.6) is 0 Å². The number of halogens is 1. The van der Waals surface area contributed by atoms with Crippen molar-refractivity contribution in [1.29, 1.82) is 0 Å². The van der Waals surface area contributed by atoms with Crippen LogP contribution in [0.3, 0.4) is 0 Å². The van der Waals surface area contributed by atoms with Gasteiger partial charge in [-0.25, -0.2) is 19.4 Å². The minimum Gasteiger partial charge on any atom is -0.478 e. The number of benzene rings is 1. The van der Waals surface area contributed by atoms with E-state index in [-0.39, 0.29) is 16.8 Å². The summed E-state index contributed by atoms with van der Waals surface area (Å²) in [5, 5.41) is 18.8. The van der Waals surface area contributed by atoms with Gasteiger partial charge >= 0.3 is 5.97 Å². The Bertz CT molecular complexity index is 1190. The quantitative estimate of drug-likeness (QED) is 0.500. The number of carboxylic acids is 1. The molecule has 3 aromatic heterocycles. The van der Waals surface area contributed by atoms with Crippen LogP contribution in [-0.4, -0.2) is 36.7 Å². The fourth-order valence-corrected chi connectivity index (χ4v) is 3.76. The van der Waals surface area contributed by atoms with Gasteiger partial charge in [0.15, 0.2) is 0 Å². The lowest BCUT2D eigenvalue weighted by molar-refractivity contribution is 0.0699. The maximum Gasteiger partial charge on any atom is 0.339 e. The van der Waals surface area contributed by atoms with Gasteiger partial charge < -0.3 is 10.4 Å². The molecule has 2 N–H and O–H groups in total. The largest absolute Gasteiger partial charge is 0.478 e. The molecule has 0 saturated carbocycles. The Labute approximate surface area is 173 Å². The lowest BCUT2D eigenvalue weighted by Crippen LogP contribution is -2.14. The monoisotopic (exact) mass is 425 g/mol. The summed E-state index contributed by atoms with van der Waals surface area (Å²) in [6, 6.07) is 7.10. The number of carbonyl (C=O) groups excluding carboxylic acids is 1. The molecule has 144 valence electrons. The maximum atomic E-state index is 12.3. The second-order valence-electron chi connectivity index (χ2n) is 5.89. The summed E-state index contributed by atoms with van der Waals surface area (Å²) in [4.78, 5) is 32.3. The molecule has 0 radical (unpaired) electrons. The maximum absolute atomic E-state index is 12.3. The second kappa shape index (κ2) is 7.82. The summed E-state index contributed by atoms with van der Waals surface area (Å²) >= 11 is 7.11. The average Bonchev–Trinajstić information content (AvgIpc) is 3.36. The Hall–Kier alpha value is -3.56. The van der Waals surface area contributed by atoms with Gasteiger partial charge in [-0.3, -0.25) is 4.79 Å². The van der Waals surface area contributed by atoms with Gasteiger partial charge in [0, 0.05) is 34.6 Å². The summed E-state index contributed by atoms with van der Waals surface area (Å²) in [7, 11) is 0. The van der Waals surface area contributed by atoms with Gasteiger partial charge in [0.05, 0.1) is 28.0 Å². The van der Waals surface area contributed by atoms with Crippen LogP contribution in [0, 0.1) is 0 Å². The van der Waals surface area contributed by atoms with Crippen molar-refractivity contribution >= 4 is 40.5 Å². The summed E-state index contributed by atoms with van der Waals surface area (Å²) in [5.41, 5.74) is 1.83. The van der Waals surface area contributed by atoms with E-state index in [4.69, 9.17) is 11.6 Å². The van der Waals surface area contributed by atoms with Crippen molar-refractivity contribution in [3.8, 4) is 16.1 Å². The van der Waals surface area contributed by atoms with Crippen LogP contribution in [0.15, 0.2) is 60.8 Å². The van der Waals surface area contributed by atoms with Crippen LogP contribution < -0.4 is 5.32 Å². The zero-order valence-corrected chi connectivity index (χ0v) is 16.2. The van der Waals surface area contributed by atoms with Crippen molar-refractivity contribution in [1.82, 2.24) is 19.7 Å². The molecule has 29 heavy (non-hydrogen) atoms. The highest BCUT2D eigenvalue weighted by Gasteiger charge is 2.22. The number of thiophene rings is 1. The molecule has 0 aliphatic rings. The van der Waals surface area contributed by atoms with Crippen molar-refractivity contribution in [3.63, 3.8) is 0 Å². The first-order valence-electron chi connectivity index (χ1n) is 8.25. The molecule has 8 nitrogen and oxygen atoms in total. The first-order chi connectivity index (χ1) is 14.0. The Balaban J connectivity index is 1.66. The number of rotatable bonds is 5. The fourth-order valence-electron chi connectivity index (χ4n) is 2.66. The molecule has 0 fully saturated rings. The van der Waals surface area contributed by atoms with Crippen LogP contribution in [-0.2, 0) is 0 Å². The molecule has 0 unspecified atom stereocenters. The Morgan fingerprint density at radius 1 is 1.10 bits per heavy atom. The van der Waals surface area contributed by atoms with Crippen LogP contribution in [0.25, 0.3) is 16.1 Å². The van der Waals surface area contributed by atoms with Gasteiger partial charge in [0.2, 0.25) is 0 Å². The highest BCUT2D eigenvalue weighted by atomic mass is 35.5. The van der Waals surface area contributed by atoms with Crippen molar-refractivity contribution in [2.24, 2.45) is 0 Å². The first-order valence-corrected chi connectivity index (χ1v) is 9.51. The zero-order chi connectivity index (χ0) is 20.4. The van der Waals surface area contributed by atoms with Gasteiger partial charge in [-0.15, -0.1) is 11.3 Å². The molecule has 0 spiro atoms. The molecule has 4 rings (SSSR count). The van der Waals surface area contributed by atoms with Crippen molar-refractivity contribution < 1.29 is 14.7 Å². The van der Waals surface area contributed by atoms with E-state index in [9.17, 15) is 14.7 Å². The predicted octanol–water partition coefficient (Wildman–Crippen LogP) is 3.99. The highest BCUT2D eigenvalue weighted by Crippen LogP contribution is 2.36. The molecule has 10 heteroatoms. The molecule has 0 bridgehead atoms. The van der Waals surface area contributed by atoms with E-state index < -0.39 is 11.9 Å². The molecular formula is C19H12ClN5O3S. The third-order valence-corrected chi connectivity index (χ3v) is 5.29. The number of aromatic carboxylic acids is 1.